The first-order chi connectivity index (χ1) is 9.90. The third-order valence-electron chi connectivity index (χ3n) is 3.77. The highest BCUT2D eigenvalue weighted by Gasteiger charge is 2.14. The van der Waals surface area contributed by atoms with Crippen LogP contribution in [0.3, 0.4) is 0 Å². The lowest BCUT2D eigenvalue weighted by Gasteiger charge is -2.06. The lowest BCUT2D eigenvalue weighted by molar-refractivity contribution is 0.682. The van der Waals surface area contributed by atoms with Crippen molar-refractivity contribution in [1.29, 1.82) is 0 Å². The number of fused-ring (bicyclic) bond motifs is 2. The summed E-state index contributed by atoms with van der Waals surface area (Å²) in [4.78, 5) is 13.9. The van der Waals surface area contributed by atoms with Gasteiger partial charge in [0.1, 0.15) is 0 Å². The molecule has 0 bridgehead atoms. The molecular weight excluding hydrogens is 266 g/mol. The van der Waals surface area contributed by atoms with Gasteiger partial charge < -0.3 is 4.98 Å². The van der Waals surface area contributed by atoms with Crippen molar-refractivity contribution in [3.05, 3.63) is 46.6 Å². The first-order valence-electron chi connectivity index (χ1n) is 6.99. The van der Waals surface area contributed by atoms with Crippen molar-refractivity contribution >= 4 is 33.6 Å². The molecule has 0 radical (unpaired) electrons. The molecule has 1 aliphatic carbocycles. The number of thiazole rings is 1. The molecule has 0 amide bonds. The summed E-state index contributed by atoms with van der Waals surface area (Å²) in [6.07, 6.45) is 8.78. The van der Waals surface area contributed by atoms with Gasteiger partial charge in [-0.25, -0.2) is 9.98 Å². The summed E-state index contributed by atoms with van der Waals surface area (Å²) in [5.74, 6) is 0. The monoisotopic (exact) mass is 281 g/mol. The molecule has 3 nitrogen and oxygen atoms in total. The number of nitrogens with zero attached hydrogens (tertiary/aromatic N) is 2. The predicted octanol–water partition coefficient (Wildman–Crippen LogP) is 4.25. The molecule has 0 fully saturated rings. The molecule has 0 unspecified atom stereocenters. The summed E-state index contributed by atoms with van der Waals surface area (Å²) in [5, 5.41) is 2.10. The van der Waals surface area contributed by atoms with Gasteiger partial charge in [0.25, 0.3) is 0 Å². The number of H-pyrrole nitrogens is 1. The van der Waals surface area contributed by atoms with E-state index >= 15 is 0 Å². The van der Waals surface area contributed by atoms with Crippen molar-refractivity contribution in [2.24, 2.45) is 4.99 Å². The number of hydrogen-bond donors (Lipinski definition) is 1. The minimum Gasteiger partial charge on any atom is -0.361 e. The lowest BCUT2D eigenvalue weighted by atomic mass is 10.0. The van der Waals surface area contributed by atoms with E-state index in [2.05, 4.69) is 33.2 Å². The molecule has 100 valence electrons. The number of rotatable bonds is 2. The summed E-state index contributed by atoms with van der Waals surface area (Å²) in [6, 6.07) is 8.28. The second kappa shape index (κ2) is 4.87. The van der Waals surface area contributed by atoms with Crippen molar-refractivity contribution in [1.82, 2.24) is 9.97 Å². The van der Waals surface area contributed by atoms with Crippen molar-refractivity contribution in [3.8, 4) is 0 Å². The SMILES string of the molecule is C(=N\c1nc2c(s1)CCCC2)/c1c[nH]c2ccccc12. The predicted molar refractivity (Wildman–Crippen MR) is 84.3 cm³/mol. The smallest absolute Gasteiger partial charge is 0.209 e. The van der Waals surface area contributed by atoms with E-state index in [-0.39, 0.29) is 0 Å². The topological polar surface area (TPSA) is 41.0 Å². The van der Waals surface area contributed by atoms with Crippen LogP contribution in [0.15, 0.2) is 35.5 Å². The molecule has 2 heterocycles. The Morgan fingerprint density at radius 2 is 2.10 bits per heavy atom. The summed E-state index contributed by atoms with van der Waals surface area (Å²) in [5.41, 5.74) is 3.54. The summed E-state index contributed by atoms with van der Waals surface area (Å²) >= 11 is 1.74. The van der Waals surface area contributed by atoms with E-state index in [9.17, 15) is 0 Å². The van der Waals surface area contributed by atoms with E-state index in [0.29, 0.717) is 0 Å². The Hall–Kier alpha value is -1.94. The molecule has 20 heavy (non-hydrogen) atoms. The van der Waals surface area contributed by atoms with Crippen molar-refractivity contribution in [2.45, 2.75) is 25.7 Å². The number of hydrogen-bond acceptors (Lipinski definition) is 3. The quantitative estimate of drug-likeness (QED) is 0.701. The van der Waals surface area contributed by atoms with Crippen LogP contribution in [0.25, 0.3) is 10.9 Å². The average Bonchev–Trinajstić information content (AvgIpc) is 3.08. The van der Waals surface area contributed by atoms with Crippen LogP contribution < -0.4 is 0 Å². The Morgan fingerprint density at radius 1 is 1.20 bits per heavy atom. The summed E-state index contributed by atoms with van der Waals surface area (Å²) in [7, 11) is 0. The van der Waals surface area contributed by atoms with Crippen molar-refractivity contribution in [2.75, 3.05) is 0 Å². The van der Waals surface area contributed by atoms with E-state index in [1.165, 1.54) is 35.2 Å². The Kier molecular flexibility index (Phi) is 2.89. The van der Waals surface area contributed by atoms with Gasteiger partial charge in [-0.3, -0.25) is 0 Å². The second-order valence-electron chi connectivity index (χ2n) is 5.12. The van der Waals surface area contributed by atoms with Crippen molar-refractivity contribution < 1.29 is 0 Å². The highest BCUT2D eigenvalue weighted by molar-refractivity contribution is 7.15. The number of aliphatic imine (C=N–C) groups is 1. The van der Waals surface area contributed by atoms with E-state index in [0.717, 1.165) is 22.6 Å². The van der Waals surface area contributed by atoms with E-state index in [1.807, 2.05) is 18.5 Å². The molecule has 4 heteroatoms. The Morgan fingerprint density at radius 3 is 3.05 bits per heavy atom. The lowest BCUT2D eigenvalue weighted by Crippen LogP contribution is -1.98. The van der Waals surface area contributed by atoms with Crippen LogP contribution in [-0.4, -0.2) is 16.2 Å². The molecule has 3 aromatic rings. The highest BCUT2D eigenvalue weighted by atomic mass is 32.1. The van der Waals surface area contributed by atoms with Crippen molar-refractivity contribution in [3.63, 3.8) is 0 Å². The van der Waals surface area contributed by atoms with Gasteiger partial charge in [-0.2, -0.15) is 0 Å². The number of aromatic amines is 1. The second-order valence-corrected chi connectivity index (χ2v) is 6.18. The molecule has 0 atom stereocenters. The van der Waals surface area contributed by atoms with Crippen LogP contribution in [0, 0.1) is 0 Å². The zero-order valence-corrected chi connectivity index (χ0v) is 11.9. The third kappa shape index (κ3) is 2.06. The number of benzene rings is 1. The maximum Gasteiger partial charge on any atom is 0.209 e. The molecule has 0 aliphatic heterocycles. The fourth-order valence-corrected chi connectivity index (χ4v) is 3.71. The van der Waals surface area contributed by atoms with Gasteiger partial charge in [-0.1, -0.05) is 29.5 Å². The Balaban J connectivity index is 1.66. The molecule has 0 saturated heterocycles. The van der Waals surface area contributed by atoms with E-state index in [4.69, 9.17) is 0 Å². The molecule has 4 rings (SSSR count). The van der Waals surface area contributed by atoms with Crippen LogP contribution in [-0.2, 0) is 12.8 Å². The van der Waals surface area contributed by atoms with Gasteiger partial charge in [-0.15, -0.1) is 0 Å². The van der Waals surface area contributed by atoms with Gasteiger partial charge in [0.15, 0.2) is 0 Å². The first-order valence-corrected chi connectivity index (χ1v) is 7.80. The number of nitrogens with one attached hydrogen (secondary N) is 1. The summed E-state index contributed by atoms with van der Waals surface area (Å²) in [6.45, 7) is 0. The zero-order chi connectivity index (χ0) is 13.4. The zero-order valence-electron chi connectivity index (χ0n) is 11.1. The average molecular weight is 281 g/mol. The Labute approximate surface area is 121 Å². The highest BCUT2D eigenvalue weighted by Crippen LogP contribution is 2.31. The van der Waals surface area contributed by atoms with Crippen LogP contribution in [0.4, 0.5) is 5.13 Å². The van der Waals surface area contributed by atoms with E-state index in [1.54, 1.807) is 11.3 Å². The Bertz CT molecular complexity index is 758. The maximum atomic E-state index is 4.64. The van der Waals surface area contributed by atoms with Crippen LogP contribution in [0.1, 0.15) is 29.0 Å². The number of para-hydroxylation sites is 1. The van der Waals surface area contributed by atoms with Gasteiger partial charge in [0.05, 0.1) is 5.69 Å². The minimum atomic E-state index is 0.891. The standard InChI is InChI=1S/C16H15N3S/c1-2-6-13-12(5-1)11(9-17-13)10-18-16-19-14-7-3-4-8-15(14)20-16/h1-2,5-6,9-10,17H,3-4,7-8H2/b18-10+. The van der Waals surface area contributed by atoms with Crippen LogP contribution in [0.5, 0.6) is 0 Å². The molecule has 1 N–H and O–H groups in total. The van der Waals surface area contributed by atoms with Gasteiger partial charge in [-0.05, 0) is 31.7 Å². The summed E-state index contributed by atoms with van der Waals surface area (Å²) < 4.78 is 0. The maximum absolute atomic E-state index is 4.64. The molecule has 2 aromatic heterocycles. The fourth-order valence-electron chi connectivity index (χ4n) is 2.72. The number of aryl methyl sites for hydroxylation is 2. The molecule has 1 aliphatic rings. The van der Waals surface area contributed by atoms with Gasteiger partial charge >= 0.3 is 0 Å². The van der Waals surface area contributed by atoms with E-state index < -0.39 is 0 Å². The van der Waals surface area contributed by atoms with Crippen LogP contribution in [0.2, 0.25) is 0 Å². The minimum absolute atomic E-state index is 0.891. The third-order valence-corrected chi connectivity index (χ3v) is 4.84. The van der Waals surface area contributed by atoms with Gasteiger partial charge in [0.2, 0.25) is 5.13 Å². The largest absolute Gasteiger partial charge is 0.361 e. The van der Waals surface area contributed by atoms with Gasteiger partial charge in [0, 0.05) is 33.8 Å². The fraction of sp³-hybridized carbons (Fsp3) is 0.250. The molecular formula is C16H15N3S. The molecule has 1 aromatic carbocycles. The number of aromatic nitrogens is 2. The molecule has 0 spiro atoms. The molecule has 0 saturated carbocycles. The normalized spacial score (nSPS) is 15.0. The first kappa shape index (κ1) is 11.9. The van der Waals surface area contributed by atoms with Crippen LogP contribution >= 0.6 is 11.3 Å².